The van der Waals surface area contributed by atoms with Gasteiger partial charge in [-0.15, -0.1) is 0 Å². The number of fused-ring (bicyclic) bond motifs is 6. The molecule has 2 aliphatic rings. The molecule has 2 heteroatoms. The van der Waals surface area contributed by atoms with E-state index in [1.165, 1.54) is 55.6 Å². The van der Waals surface area contributed by atoms with Crippen molar-refractivity contribution in [3.8, 4) is 22.3 Å². The summed E-state index contributed by atoms with van der Waals surface area (Å²) in [6.45, 7) is 13.8. The minimum absolute atomic E-state index is 0.0705. The molecule has 0 unspecified atom stereocenters. The second-order valence-electron chi connectivity index (χ2n) is 12.7. The van der Waals surface area contributed by atoms with Gasteiger partial charge in [-0.05, 0) is 107 Å². The molecule has 7 rings (SSSR count). The lowest BCUT2D eigenvalue weighted by molar-refractivity contribution is 0.659. The van der Waals surface area contributed by atoms with E-state index in [1.807, 2.05) is 12.1 Å². The van der Waals surface area contributed by atoms with Crippen LogP contribution in [-0.2, 0) is 10.8 Å². The Labute approximate surface area is 238 Å². The highest BCUT2D eigenvalue weighted by atomic mass is 15.1. The highest BCUT2D eigenvalue weighted by Gasteiger charge is 2.38. The highest BCUT2D eigenvalue weighted by Crippen LogP contribution is 2.53. The summed E-state index contributed by atoms with van der Waals surface area (Å²) in [5.41, 5.74) is 23.7. The molecule has 0 radical (unpaired) electrons. The number of nitrogens with two attached hydrogens (primary N) is 1. The number of nitrogen functional groups attached to an aromatic ring is 1. The van der Waals surface area contributed by atoms with E-state index in [-0.39, 0.29) is 10.8 Å². The van der Waals surface area contributed by atoms with Gasteiger partial charge < -0.3 is 10.6 Å². The van der Waals surface area contributed by atoms with Gasteiger partial charge in [-0.2, -0.15) is 0 Å². The van der Waals surface area contributed by atoms with Crippen molar-refractivity contribution in [2.75, 3.05) is 10.6 Å². The number of aryl methyl sites for hydroxylation is 2. The van der Waals surface area contributed by atoms with Crippen molar-refractivity contribution in [2.24, 2.45) is 0 Å². The van der Waals surface area contributed by atoms with E-state index in [0.29, 0.717) is 0 Å². The Kier molecular flexibility index (Phi) is 5.16. The molecule has 0 atom stereocenters. The van der Waals surface area contributed by atoms with Gasteiger partial charge in [0.05, 0.1) is 0 Å². The fraction of sp³-hybridized carbons (Fsp3) is 0.211. The largest absolute Gasteiger partial charge is 0.399 e. The Morgan fingerprint density at radius 3 is 1.23 bits per heavy atom. The van der Waals surface area contributed by atoms with Crippen LogP contribution in [0.5, 0.6) is 0 Å². The van der Waals surface area contributed by atoms with Crippen LogP contribution in [0.1, 0.15) is 61.1 Å². The maximum Gasteiger partial charge on any atom is 0.0465 e. The first-order valence-electron chi connectivity index (χ1n) is 14.2. The average Bonchev–Trinajstić information content (AvgIpc) is 3.28. The summed E-state index contributed by atoms with van der Waals surface area (Å²) in [5, 5.41) is 0. The van der Waals surface area contributed by atoms with Gasteiger partial charge in [-0.1, -0.05) is 87.4 Å². The quantitative estimate of drug-likeness (QED) is 0.240. The lowest BCUT2D eigenvalue weighted by Gasteiger charge is -2.29. The molecule has 0 spiro atoms. The van der Waals surface area contributed by atoms with Crippen molar-refractivity contribution in [2.45, 2.75) is 52.4 Å². The van der Waals surface area contributed by atoms with Crippen molar-refractivity contribution in [3.63, 3.8) is 0 Å². The van der Waals surface area contributed by atoms with Gasteiger partial charge in [0.15, 0.2) is 0 Å². The third-order valence-corrected chi connectivity index (χ3v) is 9.30. The fourth-order valence-electron chi connectivity index (χ4n) is 7.03. The van der Waals surface area contributed by atoms with Crippen LogP contribution in [0.4, 0.5) is 22.7 Å². The Hall–Kier alpha value is -4.30. The molecule has 0 saturated heterocycles. The zero-order chi connectivity index (χ0) is 28.0. The molecule has 0 fully saturated rings. The highest BCUT2D eigenvalue weighted by molar-refractivity contribution is 5.88. The molecule has 40 heavy (non-hydrogen) atoms. The zero-order valence-electron chi connectivity index (χ0n) is 24.3. The van der Waals surface area contributed by atoms with Crippen LogP contribution >= 0.6 is 0 Å². The molecule has 0 saturated carbocycles. The van der Waals surface area contributed by atoms with E-state index < -0.39 is 0 Å². The van der Waals surface area contributed by atoms with Crippen LogP contribution in [0.2, 0.25) is 0 Å². The number of rotatable bonds is 3. The normalized spacial score (nSPS) is 15.2. The molecule has 0 amide bonds. The van der Waals surface area contributed by atoms with Crippen molar-refractivity contribution in [1.29, 1.82) is 0 Å². The third-order valence-electron chi connectivity index (χ3n) is 9.30. The summed E-state index contributed by atoms with van der Waals surface area (Å²) in [6, 6.07) is 36.0. The van der Waals surface area contributed by atoms with Gasteiger partial charge in [0.1, 0.15) is 0 Å². The van der Waals surface area contributed by atoms with E-state index in [1.54, 1.807) is 0 Å². The number of hydrogen-bond acceptors (Lipinski definition) is 2. The second kappa shape index (κ2) is 8.35. The lowest BCUT2D eigenvalue weighted by Crippen LogP contribution is -2.18. The Bertz CT molecular complexity index is 1710. The molecule has 0 heterocycles. The van der Waals surface area contributed by atoms with Gasteiger partial charge in [0.25, 0.3) is 0 Å². The summed E-state index contributed by atoms with van der Waals surface area (Å²) >= 11 is 0. The van der Waals surface area contributed by atoms with E-state index in [0.717, 1.165) is 22.7 Å². The number of benzene rings is 5. The first-order chi connectivity index (χ1) is 19.1. The Balaban J connectivity index is 1.41. The monoisotopic (exact) mass is 520 g/mol. The lowest BCUT2D eigenvalue weighted by atomic mass is 9.81. The summed E-state index contributed by atoms with van der Waals surface area (Å²) < 4.78 is 0. The Morgan fingerprint density at radius 2 is 0.800 bits per heavy atom. The zero-order valence-corrected chi connectivity index (χ0v) is 24.3. The summed E-state index contributed by atoms with van der Waals surface area (Å²) in [4.78, 5) is 2.38. The molecule has 5 aromatic rings. The molecular weight excluding hydrogens is 484 g/mol. The van der Waals surface area contributed by atoms with Crippen LogP contribution in [0.3, 0.4) is 0 Å². The smallest absolute Gasteiger partial charge is 0.0465 e. The van der Waals surface area contributed by atoms with Crippen LogP contribution < -0.4 is 10.6 Å². The Morgan fingerprint density at radius 1 is 0.450 bits per heavy atom. The summed E-state index contributed by atoms with van der Waals surface area (Å²) in [7, 11) is 0. The van der Waals surface area contributed by atoms with Gasteiger partial charge in [0.2, 0.25) is 0 Å². The fourth-order valence-corrected chi connectivity index (χ4v) is 7.03. The van der Waals surface area contributed by atoms with Gasteiger partial charge in [0, 0.05) is 33.6 Å². The predicted molar refractivity (Wildman–Crippen MR) is 170 cm³/mol. The SMILES string of the molecule is Cc1ccc2c(c1)C(C)(C)c1cc(N(c3ccc(N)cc3)c3ccc4c(c3)C(C)(C)c3cc(C)ccc3-4)ccc1-2. The molecule has 2 N–H and O–H groups in total. The summed E-state index contributed by atoms with van der Waals surface area (Å²) in [6.07, 6.45) is 0. The van der Waals surface area contributed by atoms with Crippen LogP contribution in [0.25, 0.3) is 22.3 Å². The molecule has 0 bridgehead atoms. The molecule has 5 aromatic carbocycles. The van der Waals surface area contributed by atoms with Crippen molar-refractivity contribution < 1.29 is 0 Å². The topological polar surface area (TPSA) is 29.3 Å². The van der Waals surface area contributed by atoms with E-state index in [4.69, 9.17) is 5.73 Å². The van der Waals surface area contributed by atoms with Crippen molar-refractivity contribution in [3.05, 3.63) is 130 Å². The van der Waals surface area contributed by atoms with Crippen LogP contribution in [-0.4, -0.2) is 0 Å². The van der Waals surface area contributed by atoms with Crippen LogP contribution in [0.15, 0.2) is 97.1 Å². The molecule has 0 aliphatic heterocycles. The van der Waals surface area contributed by atoms with E-state index in [2.05, 4.69) is 131 Å². The molecule has 2 aliphatic carbocycles. The summed E-state index contributed by atoms with van der Waals surface area (Å²) in [5.74, 6) is 0. The van der Waals surface area contributed by atoms with Gasteiger partial charge >= 0.3 is 0 Å². The number of nitrogens with zero attached hydrogens (tertiary/aromatic N) is 1. The minimum Gasteiger partial charge on any atom is -0.399 e. The van der Waals surface area contributed by atoms with E-state index >= 15 is 0 Å². The molecule has 198 valence electrons. The standard InChI is InChI=1S/C38H36N2/c1-23-7-15-29-31-17-13-27(21-35(31)37(3,4)33(29)19-23)40(26-11-9-25(39)10-12-26)28-14-18-32-30-16-8-24(2)20-34(30)38(5,6)36(32)22-28/h7-22H,39H2,1-6H3. The molecule has 0 aromatic heterocycles. The minimum atomic E-state index is -0.0705. The maximum absolute atomic E-state index is 6.13. The molecule has 2 nitrogen and oxygen atoms in total. The van der Waals surface area contributed by atoms with Gasteiger partial charge in [-0.25, -0.2) is 0 Å². The maximum atomic E-state index is 6.13. The first kappa shape index (κ1) is 24.7. The van der Waals surface area contributed by atoms with Gasteiger partial charge in [-0.3, -0.25) is 0 Å². The van der Waals surface area contributed by atoms with Crippen molar-refractivity contribution in [1.82, 2.24) is 0 Å². The number of anilines is 4. The van der Waals surface area contributed by atoms with E-state index in [9.17, 15) is 0 Å². The van der Waals surface area contributed by atoms with Crippen molar-refractivity contribution >= 4 is 22.7 Å². The third kappa shape index (κ3) is 3.48. The predicted octanol–water partition coefficient (Wildman–Crippen LogP) is 9.97. The number of hydrogen-bond donors (Lipinski definition) is 1. The average molecular weight is 521 g/mol. The molecular formula is C38H36N2. The first-order valence-corrected chi connectivity index (χ1v) is 14.2. The van der Waals surface area contributed by atoms with Crippen LogP contribution in [0, 0.1) is 13.8 Å². The second-order valence-corrected chi connectivity index (χ2v) is 12.7.